The van der Waals surface area contributed by atoms with Crippen molar-refractivity contribution in [3.05, 3.63) is 51.1 Å². The number of phenols is 1. The molecule has 3 aromatic rings. The van der Waals surface area contributed by atoms with Crippen LogP contribution in [0.3, 0.4) is 0 Å². The standard InChI is InChI=1S/C20H15Cl2N3O/c1-11-17-10-24-5-2-6-25(17)19-15(7-12(9-23)20(26)18(11)19)14-4-3-13(21)8-16(14)22/h3-4,7-8,10,26H,2,5-6H2,1H3. The molecule has 1 aromatic heterocycles. The van der Waals surface area contributed by atoms with E-state index < -0.39 is 0 Å². The molecule has 4 rings (SSSR count). The Balaban J connectivity index is 2.18. The van der Waals surface area contributed by atoms with Crippen LogP contribution in [-0.4, -0.2) is 22.4 Å². The molecule has 2 heterocycles. The van der Waals surface area contributed by atoms with Gasteiger partial charge in [-0.1, -0.05) is 29.3 Å². The Morgan fingerprint density at radius 2 is 2.04 bits per heavy atom. The van der Waals surface area contributed by atoms with Crippen LogP contribution in [0.1, 0.15) is 23.2 Å². The van der Waals surface area contributed by atoms with E-state index in [1.165, 1.54) is 0 Å². The highest BCUT2D eigenvalue weighted by molar-refractivity contribution is 6.36. The largest absolute Gasteiger partial charge is 0.506 e. The van der Waals surface area contributed by atoms with Gasteiger partial charge in [0.15, 0.2) is 0 Å². The normalized spacial score (nSPS) is 13.5. The third-order valence-electron chi connectivity index (χ3n) is 4.82. The summed E-state index contributed by atoms with van der Waals surface area (Å²) >= 11 is 12.5. The van der Waals surface area contributed by atoms with Gasteiger partial charge >= 0.3 is 0 Å². The smallest absolute Gasteiger partial charge is 0.143 e. The van der Waals surface area contributed by atoms with Crippen molar-refractivity contribution in [2.75, 3.05) is 6.54 Å². The zero-order valence-electron chi connectivity index (χ0n) is 14.1. The van der Waals surface area contributed by atoms with Gasteiger partial charge in [-0.3, -0.25) is 4.99 Å². The molecule has 26 heavy (non-hydrogen) atoms. The first-order valence-corrected chi connectivity index (χ1v) is 9.02. The fourth-order valence-corrected chi connectivity index (χ4v) is 4.13. The number of aromatic nitrogens is 1. The molecular weight excluding hydrogens is 369 g/mol. The maximum absolute atomic E-state index is 10.7. The molecule has 0 radical (unpaired) electrons. The average Bonchev–Trinajstić information content (AvgIpc) is 2.77. The second-order valence-electron chi connectivity index (χ2n) is 6.33. The number of nitrogens with zero attached hydrogens (tertiary/aromatic N) is 3. The van der Waals surface area contributed by atoms with Crippen LogP contribution in [0.4, 0.5) is 0 Å². The zero-order valence-corrected chi connectivity index (χ0v) is 15.6. The molecule has 0 unspecified atom stereocenters. The van der Waals surface area contributed by atoms with Crippen molar-refractivity contribution >= 4 is 40.3 Å². The second-order valence-corrected chi connectivity index (χ2v) is 7.17. The Morgan fingerprint density at radius 1 is 1.23 bits per heavy atom. The molecule has 0 saturated carbocycles. The molecule has 0 atom stereocenters. The molecule has 0 bridgehead atoms. The summed E-state index contributed by atoms with van der Waals surface area (Å²) in [4.78, 5) is 4.44. The van der Waals surface area contributed by atoms with E-state index in [0.29, 0.717) is 15.4 Å². The van der Waals surface area contributed by atoms with E-state index in [1.54, 1.807) is 18.2 Å². The summed E-state index contributed by atoms with van der Waals surface area (Å²) in [6.07, 6.45) is 2.75. The van der Waals surface area contributed by atoms with Gasteiger partial charge in [0.2, 0.25) is 0 Å². The van der Waals surface area contributed by atoms with E-state index in [-0.39, 0.29) is 11.3 Å². The van der Waals surface area contributed by atoms with Crippen molar-refractivity contribution in [1.82, 2.24) is 4.57 Å². The maximum Gasteiger partial charge on any atom is 0.143 e. The number of hydrogen-bond donors (Lipinski definition) is 1. The number of rotatable bonds is 1. The predicted octanol–water partition coefficient (Wildman–Crippen LogP) is 5.32. The lowest BCUT2D eigenvalue weighted by atomic mass is 9.97. The van der Waals surface area contributed by atoms with Crippen LogP contribution in [-0.2, 0) is 6.54 Å². The van der Waals surface area contributed by atoms with Crippen LogP contribution >= 0.6 is 23.2 Å². The van der Waals surface area contributed by atoms with Gasteiger partial charge in [-0.15, -0.1) is 0 Å². The SMILES string of the molecule is Cc1c2n(c3c(-c4ccc(Cl)cc4Cl)cc(C#N)c(O)c13)CCCN=C2. The van der Waals surface area contributed by atoms with Crippen molar-refractivity contribution in [3.63, 3.8) is 0 Å². The Kier molecular flexibility index (Phi) is 4.14. The summed E-state index contributed by atoms with van der Waals surface area (Å²) in [6, 6.07) is 9.08. The van der Waals surface area contributed by atoms with Crippen molar-refractivity contribution in [1.29, 1.82) is 5.26 Å². The number of fused-ring (bicyclic) bond motifs is 3. The fraction of sp³-hybridized carbons (Fsp3) is 0.200. The summed E-state index contributed by atoms with van der Waals surface area (Å²) < 4.78 is 2.16. The Morgan fingerprint density at radius 3 is 2.77 bits per heavy atom. The van der Waals surface area contributed by atoms with Gasteiger partial charge in [-0.2, -0.15) is 5.26 Å². The predicted molar refractivity (Wildman–Crippen MR) is 106 cm³/mol. The number of aryl methyl sites for hydroxylation is 2. The lowest BCUT2D eigenvalue weighted by molar-refractivity contribution is 0.480. The molecule has 0 fully saturated rings. The molecule has 2 aromatic carbocycles. The van der Waals surface area contributed by atoms with Gasteiger partial charge in [0.05, 0.1) is 16.8 Å². The first kappa shape index (κ1) is 17.0. The Hall–Kier alpha value is -2.48. The van der Waals surface area contributed by atoms with E-state index in [1.807, 2.05) is 19.2 Å². The van der Waals surface area contributed by atoms with E-state index >= 15 is 0 Å². The van der Waals surface area contributed by atoms with Crippen LogP contribution < -0.4 is 0 Å². The first-order valence-electron chi connectivity index (χ1n) is 8.27. The van der Waals surface area contributed by atoms with Gasteiger partial charge in [-0.05, 0) is 37.1 Å². The maximum atomic E-state index is 10.7. The molecule has 4 nitrogen and oxygen atoms in total. The summed E-state index contributed by atoms with van der Waals surface area (Å²) in [7, 11) is 0. The number of benzene rings is 2. The molecule has 0 spiro atoms. The summed E-state index contributed by atoms with van der Waals surface area (Å²) in [6.45, 7) is 3.49. The summed E-state index contributed by atoms with van der Waals surface area (Å²) in [5.41, 5.74) is 4.53. The van der Waals surface area contributed by atoms with Gasteiger partial charge in [-0.25, -0.2) is 0 Å². The second kappa shape index (κ2) is 6.35. The molecule has 0 saturated heterocycles. The van der Waals surface area contributed by atoms with Crippen molar-refractivity contribution in [2.45, 2.75) is 19.9 Å². The third kappa shape index (κ3) is 2.47. The van der Waals surface area contributed by atoms with Gasteiger partial charge in [0.25, 0.3) is 0 Å². The van der Waals surface area contributed by atoms with Crippen LogP contribution in [0.2, 0.25) is 10.0 Å². The Bertz CT molecular complexity index is 1120. The van der Waals surface area contributed by atoms with Crippen LogP contribution in [0, 0.1) is 18.3 Å². The number of hydrogen-bond acceptors (Lipinski definition) is 3. The van der Waals surface area contributed by atoms with E-state index in [9.17, 15) is 10.4 Å². The van der Waals surface area contributed by atoms with Crippen LogP contribution in [0.5, 0.6) is 5.75 Å². The van der Waals surface area contributed by atoms with Crippen molar-refractivity contribution < 1.29 is 5.11 Å². The number of aliphatic imine (C=N–C) groups is 1. The highest BCUT2D eigenvalue weighted by atomic mass is 35.5. The van der Waals surface area contributed by atoms with Crippen molar-refractivity contribution in [2.24, 2.45) is 4.99 Å². The van der Waals surface area contributed by atoms with Crippen LogP contribution in [0.25, 0.3) is 22.0 Å². The molecule has 1 aliphatic rings. The van der Waals surface area contributed by atoms with E-state index in [4.69, 9.17) is 23.2 Å². The van der Waals surface area contributed by atoms with Gasteiger partial charge in [0.1, 0.15) is 11.8 Å². The molecule has 1 N–H and O–H groups in total. The number of aromatic hydroxyl groups is 1. The minimum Gasteiger partial charge on any atom is -0.506 e. The van der Waals surface area contributed by atoms with Crippen LogP contribution in [0.15, 0.2) is 29.3 Å². The zero-order chi connectivity index (χ0) is 18.4. The molecule has 1 aliphatic heterocycles. The highest BCUT2D eigenvalue weighted by Gasteiger charge is 2.24. The summed E-state index contributed by atoms with van der Waals surface area (Å²) in [5.74, 6) is 0.00260. The first-order chi connectivity index (χ1) is 12.5. The third-order valence-corrected chi connectivity index (χ3v) is 5.36. The number of halogens is 2. The molecule has 0 amide bonds. The minimum absolute atomic E-state index is 0.00260. The number of phenolic OH excluding ortho intramolecular Hbond substituents is 1. The highest BCUT2D eigenvalue weighted by Crippen LogP contribution is 2.43. The molecule has 0 aliphatic carbocycles. The van der Waals surface area contributed by atoms with Crippen molar-refractivity contribution in [3.8, 4) is 22.9 Å². The molecular formula is C20H15Cl2N3O. The topological polar surface area (TPSA) is 61.3 Å². The molecule has 6 heteroatoms. The fourth-order valence-electron chi connectivity index (χ4n) is 3.62. The lowest BCUT2D eigenvalue weighted by Gasteiger charge is -2.13. The summed E-state index contributed by atoms with van der Waals surface area (Å²) in [5, 5.41) is 21.9. The van der Waals surface area contributed by atoms with Gasteiger partial charge < -0.3 is 9.67 Å². The number of nitriles is 1. The van der Waals surface area contributed by atoms with Gasteiger partial charge in [0, 0.05) is 45.9 Å². The monoisotopic (exact) mass is 383 g/mol. The minimum atomic E-state index is 0.00260. The van der Waals surface area contributed by atoms with E-state index in [0.717, 1.165) is 47.4 Å². The Labute approximate surface area is 160 Å². The average molecular weight is 384 g/mol. The lowest BCUT2D eigenvalue weighted by Crippen LogP contribution is -2.02. The molecule has 130 valence electrons. The van der Waals surface area contributed by atoms with E-state index in [2.05, 4.69) is 15.6 Å². The quantitative estimate of drug-likeness (QED) is 0.617.